The fraction of sp³-hybridized carbons (Fsp3) is 0.167. The molecule has 15 heavy (non-hydrogen) atoms. The summed E-state index contributed by atoms with van der Waals surface area (Å²) in [5.41, 5.74) is 1.22. The first-order chi connectivity index (χ1) is 7.33. The van der Waals surface area contributed by atoms with Gasteiger partial charge in [0.05, 0.1) is 12.1 Å². The molecule has 0 aliphatic carbocycles. The highest BCUT2D eigenvalue weighted by molar-refractivity contribution is 5.80. The lowest BCUT2D eigenvalue weighted by Gasteiger charge is -2.03. The van der Waals surface area contributed by atoms with Crippen LogP contribution < -0.4 is 4.74 Å². The van der Waals surface area contributed by atoms with Gasteiger partial charge in [0, 0.05) is 11.5 Å². The van der Waals surface area contributed by atoms with E-state index in [9.17, 15) is 0 Å². The highest BCUT2D eigenvalue weighted by Gasteiger charge is 1.99. The highest BCUT2D eigenvalue weighted by atomic mass is 16.5. The maximum Gasteiger partial charge on any atom is 0.141 e. The van der Waals surface area contributed by atoms with Gasteiger partial charge in [0.1, 0.15) is 17.5 Å². The van der Waals surface area contributed by atoms with Crippen LogP contribution in [0.3, 0.4) is 0 Å². The number of ether oxygens (including phenoxy) is 1. The molecule has 0 aliphatic heterocycles. The number of hydrogen-bond donors (Lipinski definition) is 0. The summed E-state index contributed by atoms with van der Waals surface area (Å²) in [6.07, 6.45) is 0. The van der Waals surface area contributed by atoms with Gasteiger partial charge in [-0.2, -0.15) is 5.26 Å². The van der Waals surface area contributed by atoms with E-state index in [-0.39, 0.29) is 0 Å². The number of hydrogen-bond acceptors (Lipinski definition) is 3. The minimum Gasteiger partial charge on any atom is -0.494 e. The third-order valence-corrected chi connectivity index (χ3v) is 2.09. The van der Waals surface area contributed by atoms with Crippen LogP contribution in [0.2, 0.25) is 0 Å². The molecule has 1 heterocycles. The molecule has 0 N–H and O–H groups in total. The molecule has 0 bridgehead atoms. The molecule has 2 rings (SSSR count). The SMILES string of the molecule is CCOc1ccc2ccc(C#N)nc2c1. The van der Waals surface area contributed by atoms with E-state index < -0.39 is 0 Å². The van der Waals surface area contributed by atoms with E-state index in [4.69, 9.17) is 10.00 Å². The second-order valence-corrected chi connectivity index (χ2v) is 3.10. The number of aromatic nitrogens is 1. The first-order valence-electron chi connectivity index (χ1n) is 4.77. The Hall–Kier alpha value is -2.08. The van der Waals surface area contributed by atoms with Crippen LogP contribution in [0.5, 0.6) is 5.75 Å². The van der Waals surface area contributed by atoms with Crippen LogP contribution in [-0.2, 0) is 0 Å². The summed E-state index contributed by atoms with van der Waals surface area (Å²) < 4.78 is 5.36. The van der Waals surface area contributed by atoms with E-state index in [0.29, 0.717) is 12.3 Å². The molecule has 1 aromatic carbocycles. The molecule has 0 aliphatic rings. The molecule has 0 fully saturated rings. The molecule has 0 spiro atoms. The van der Waals surface area contributed by atoms with Crippen molar-refractivity contribution in [1.29, 1.82) is 5.26 Å². The Balaban J connectivity index is 2.54. The minimum atomic E-state index is 0.427. The van der Waals surface area contributed by atoms with E-state index >= 15 is 0 Å². The second kappa shape index (κ2) is 3.97. The van der Waals surface area contributed by atoms with Crippen LogP contribution >= 0.6 is 0 Å². The van der Waals surface area contributed by atoms with Crippen LogP contribution in [0, 0.1) is 11.3 Å². The number of pyridine rings is 1. The largest absolute Gasteiger partial charge is 0.494 e. The molecular weight excluding hydrogens is 188 g/mol. The first-order valence-corrected chi connectivity index (χ1v) is 4.77. The smallest absolute Gasteiger partial charge is 0.141 e. The number of benzene rings is 1. The Kier molecular flexibility index (Phi) is 2.51. The van der Waals surface area contributed by atoms with E-state index in [1.807, 2.05) is 37.3 Å². The van der Waals surface area contributed by atoms with E-state index in [1.165, 1.54) is 0 Å². The van der Waals surface area contributed by atoms with E-state index in [1.54, 1.807) is 6.07 Å². The van der Waals surface area contributed by atoms with Crippen molar-refractivity contribution < 1.29 is 4.74 Å². The average Bonchev–Trinajstić information content (AvgIpc) is 2.28. The van der Waals surface area contributed by atoms with Gasteiger partial charge in [0.2, 0.25) is 0 Å². The summed E-state index contributed by atoms with van der Waals surface area (Å²) in [5.74, 6) is 0.785. The third-order valence-electron chi connectivity index (χ3n) is 2.09. The topological polar surface area (TPSA) is 45.9 Å². The normalized spacial score (nSPS) is 9.87. The fourth-order valence-electron chi connectivity index (χ4n) is 1.42. The highest BCUT2D eigenvalue weighted by Crippen LogP contribution is 2.19. The molecule has 2 aromatic rings. The first kappa shape index (κ1) is 9.47. The fourth-order valence-corrected chi connectivity index (χ4v) is 1.42. The maximum absolute atomic E-state index is 8.73. The average molecular weight is 198 g/mol. The van der Waals surface area contributed by atoms with Crippen molar-refractivity contribution in [2.75, 3.05) is 6.61 Å². The summed E-state index contributed by atoms with van der Waals surface area (Å²) in [5, 5.41) is 9.74. The van der Waals surface area contributed by atoms with Crippen molar-refractivity contribution in [3.63, 3.8) is 0 Å². The maximum atomic E-state index is 8.73. The number of nitrogens with zero attached hydrogens (tertiary/aromatic N) is 2. The summed E-state index contributed by atoms with van der Waals surface area (Å²) in [6.45, 7) is 2.56. The standard InChI is InChI=1S/C12H10N2O/c1-2-15-11-6-4-9-3-5-10(8-13)14-12(9)7-11/h3-7H,2H2,1H3. The molecule has 0 unspecified atom stereocenters. The quantitative estimate of drug-likeness (QED) is 0.744. The molecule has 74 valence electrons. The summed E-state index contributed by atoms with van der Waals surface area (Å²) in [4.78, 5) is 4.20. The molecule has 0 radical (unpaired) electrons. The van der Waals surface area contributed by atoms with Gasteiger partial charge in [-0.05, 0) is 31.2 Å². The van der Waals surface area contributed by atoms with Crippen molar-refractivity contribution in [2.45, 2.75) is 6.92 Å². The zero-order chi connectivity index (χ0) is 10.7. The molecule has 0 atom stereocenters. The predicted octanol–water partition coefficient (Wildman–Crippen LogP) is 2.51. The van der Waals surface area contributed by atoms with Crippen LogP contribution in [0.25, 0.3) is 10.9 Å². The molecule has 3 nitrogen and oxygen atoms in total. The van der Waals surface area contributed by atoms with Crippen molar-refractivity contribution in [2.24, 2.45) is 0 Å². The Morgan fingerprint density at radius 1 is 1.33 bits per heavy atom. The lowest BCUT2D eigenvalue weighted by Crippen LogP contribution is -1.92. The van der Waals surface area contributed by atoms with Crippen LogP contribution in [0.15, 0.2) is 30.3 Å². The lowest BCUT2D eigenvalue weighted by atomic mass is 10.2. The number of rotatable bonds is 2. The molecule has 0 saturated heterocycles. The minimum absolute atomic E-state index is 0.427. The monoisotopic (exact) mass is 198 g/mol. The predicted molar refractivity (Wildman–Crippen MR) is 57.6 cm³/mol. The number of nitriles is 1. The Labute approximate surface area is 87.9 Å². The summed E-state index contributed by atoms with van der Waals surface area (Å²) >= 11 is 0. The van der Waals surface area contributed by atoms with Gasteiger partial charge in [0.25, 0.3) is 0 Å². The molecular formula is C12H10N2O. The molecule has 0 amide bonds. The lowest BCUT2D eigenvalue weighted by molar-refractivity contribution is 0.340. The van der Waals surface area contributed by atoms with Crippen molar-refractivity contribution >= 4 is 10.9 Å². The molecule has 3 heteroatoms. The van der Waals surface area contributed by atoms with Gasteiger partial charge in [-0.25, -0.2) is 4.98 Å². The van der Waals surface area contributed by atoms with Gasteiger partial charge < -0.3 is 4.74 Å². The Bertz CT molecular complexity index is 529. The van der Waals surface area contributed by atoms with Gasteiger partial charge in [-0.3, -0.25) is 0 Å². The van der Waals surface area contributed by atoms with Crippen molar-refractivity contribution in [3.8, 4) is 11.8 Å². The van der Waals surface area contributed by atoms with Crippen LogP contribution in [-0.4, -0.2) is 11.6 Å². The Morgan fingerprint density at radius 2 is 2.13 bits per heavy atom. The molecule has 0 saturated carbocycles. The van der Waals surface area contributed by atoms with Crippen molar-refractivity contribution in [1.82, 2.24) is 4.98 Å². The van der Waals surface area contributed by atoms with Crippen molar-refractivity contribution in [3.05, 3.63) is 36.0 Å². The second-order valence-electron chi connectivity index (χ2n) is 3.10. The van der Waals surface area contributed by atoms with Gasteiger partial charge in [-0.15, -0.1) is 0 Å². The van der Waals surface area contributed by atoms with E-state index in [2.05, 4.69) is 4.98 Å². The van der Waals surface area contributed by atoms with Gasteiger partial charge in [0.15, 0.2) is 0 Å². The van der Waals surface area contributed by atoms with Gasteiger partial charge >= 0.3 is 0 Å². The van der Waals surface area contributed by atoms with Gasteiger partial charge in [-0.1, -0.05) is 0 Å². The molecule has 1 aromatic heterocycles. The van der Waals surface area contributed by atoms with E-state index in [0.717, 1.165) is 16.7 Å². The summed E-state index contributed by atoms with van der Waals surface area (Å²) in [7, 11) is 0. The third kappa shape index (κ3) is 1.89. The van der Waals surface area contributed by atoms with Crippen LogP contribution in [0.1, 0.15) is 12.6 Å². The number of fused-ring (bicyclic) bond motifs is 1. The van der Waals surface area contributed by atoms with Crippen LogP contribution in [0.4, 0.5) is 0 Å². The summed E-state index contributed by atoms with van der Waals surface area (Å²) in [6, 6.07) is 11.3. The zero-order valence-corrected chi connectivity index (χ0v) is 8.40. The Morgan fingerprint density at radius 3 is 2.87 bits per heavy atom. The zero-order valence-electron chi connectivity index (χ0n) is 8.40.